The molecule has 0 radical (unpaired) electrons. The lowest BCUT2D eigenvalue weighted by Gasteiger charge is -2.36. The van der Waals surface area contributed by atoms with Gasteiger partial charge >= 0.3 is 11.9 Å². The second-order valence-corrected chi connectivity index (χ2v) is 7.37. The van der Waals surface area contributed by atoms with Gasteiger partial charge in [-0.2, -0.15) is 13.2 Å². The SMILES string of the molecule is O=[N+]([O-])c1cc(CN2CCN(c3cccc(C(F)(F)F)c3)CC2)c2cccnc2c1O. The molecule has 0 aliphatic carbocycles. The summed E-state index contributed by atoms with van der Waals surface area (Å²) >= 11 is 0. The Hall–Kier alpha value is -3.40. The first-order valence-corrected chi connectivity index (χ1v) is 9.62. The smallest absolute Gasteiger partial charge is 0.416 e. The number of alkyl halides is 3. The maximum Gasteiger partial charge on any atom is 0.416 e. The monoisotopic (exact) mass is 432 g/mol. The van der Waals surface area contributed by atoms with Gasteiger partial charge in [-0.05, 0) is 29.8 Å². The minimum Gasteiger partial charge on any atom is -0.501 e. The standard InChI is InChI=1S/C21H19F3N4O3/c22-21(23,24)15-3-1-4-16(12-15)27-9-7-26(8-10-27)13-14-11-18(28(30)31)20(29)19-17(14)5-2-6-25-19/h1-6,11-12,29H,7-10,13H2. The maximum absolute atomic E-state index is 13.0. The van der Waals surface area contributed by atoms with Crippen LogP contribution in [0.25, 0.3) is 10.9 Å². The second kappa shape index (κ2) is 8.03. The zero-order valence-electron chi connectivity index (χ0n) is 16.3. The van der Waals surface area contributed by atoms with E-state index in [1.807, 2.05) is 4.90 Å². The van der Waals surface area contributed by atoms with Crippen molar-refractivity contribution >= 4 is 22.3 Å². The first-order valence-electron chi connectivity index (χ1n) is 9.62. The lowest BCUT2D eigenvalue weighted by atomic mass is 10.0. The fourth-order valence-corrected chi connectivity index (χ4v) is 3.84. The van der Waals surface area contributed by atoms with Crippen LogP contribution in [0.4, 0.5) is 24.5 Å². The number of halogens is 3. The third kappa shape index (κ3) is 4.24. The summed E-state index contributed by atoms with van der Waals surface area (Å²) in [7, 11) is 0. The van der Waals surface area contributed by atoms with Crippen LogP contribution in [-0.2, 0) is 12.7 Å². The molecule has 0 spiro atoms. The molecule has 1 aromatic heterocycles. The zero-order valence-corrected chi connectivity index (χ0v) is 16.3. The highest BCUT2D eigenvalue weighted by molar-refractivity contribution is 5.90. The Bertz CT molecular complexity index is 1130. The third-order valence-electron chi connectivity index (χ3n) is 5.43. The van der Waals surface area contributed by atoms with Crippen LogP contribution in [0.2, 0.25) is 0 Å². The number of piperazine rings is 1. The summed E-state index contributed by atoms with van der Waals surface area (Å²) in [4.78, 5) is 18.7. The van der Waals surface area contributed by atoms with Crippen molar-refractivity contribution in [3.63, 3.8) is 0 Å². The average molecular weight is 432 g/mol. The highest BCUT2D eigenvalue weighted by atomic mass is 19.4. The normalized spacial score (nSPS) is 15.4. The quantitative estimate of drug-likeness (QED) is 0.492. The first-order chi connectivity index (χ1) is 14.7. The fraction of sp³-hybridized carbons (Fsp3) is 0.286. The van der Waals surface area contributed by atoms with Crippen LogP contribution in [0.3, 0.4) is 0 Å². The summed E-state index contributed by atoms with van der Waals surface area (Å²) in [6, 6.07) is 10.1. The van der Waals surface area contributed by atoms with Gasteiger partial charge in [-0.1, -0.05) is 12.1 Å². The summed E-state index contributed by atoms with van der Waals surface area (Å²) in [5.74, 6) is -0.460. The van der Waals surface area contributed by atoms with E-state index in [0.717, 1.165) is 12.1 Å². The minimum absolute atomic E-state index is 0.175. The number of aromatic nitrogens is 1. The van der Waals surface area contributed by atoms with E-state index < -0.39 is 28.1 Å². The molecule has 1 aliphatic rings. The van der Waals surface area contributed by atoms with Gasteiger partial charge < -0.3 is 10.0 Å². The van der Waals surface area contributed by atoms with Gasteiger partial charge in [-0.15, -0.1) is 0 Å². The van der Waals surface area contributed by atoms with Gasteiger partial charge in [-0.25, -0.2) is 0 Å². The molecule has 3 aromatic rings. The topological polar surface area (TPSA) is 82.7 Å². The van der Waals surface area contributed by atoms with E-state index in [-0.39, 0.29) is 5.52 Å². The van der Waals surface area contributed by atoms with Gasteiger partial charge in [0, 0.05) is 56.1 Å². The molecule has 1 fully saturated rings. The van der Waals surface area contributed by atoms with E-state index in [1.54, 1.807) is 18.2 Å². The van der Waals surface area contributed by atoms with E-state index in [4.69, 9.17) is 0 Å². The molecule has 0 unspecified atom stereocenters. The number of pyridine rings is 1. The molecule has 31 heavy (non-hydrogen) atoms. The molecular formula is C21H19F3N4O3. The molecule has 2 heterocycles. The van der Waals surface area contributed by atoms with Crippen molar-refractivity contribution in [3.05, 3.63) is 69.9 Å². The van der Waals surface area contributed by atoms with Crippen LogP contribution in [-0.4, -0.2) is 46.1 Å². The summed E-state index contributed by atoms with van der Waals surface area (Å²) < 4.78 is 39.0. The molecule has 0 bridgehead atoms. The average Bonchev–Trinajstić information content (AvgIpc) is 2.75. The molecule has 4 rings (SSSR count). The van der Waals surface area contributed by atoms with E-state index in [9.17, 15) is 28.4 Å². The number of rotatable bonds is 4. The summed E-state index contributed by atoms with van der Waals surface area (Å²) in [6.07, 6.45) is -2.93. The van der Waals surface area contributed by atoms with Crippen LogP contribution in [0.1, 0.15) is 11.1 Å². The highest BCUT2D eigenvalue weighted by Gasteiger charge is 2.31. The Morgan fingerprint density at radius 1 is 1.10 bits per heavy atom. The van der Waals surface area contributed by atoms with Crippen LogP contribution >= 0.6 is 0 Å². The Labute approximate surface area is 175 Å². The van der Waals surface area contributed by atoms with Gasteiger partial charge in [0.2, 0.25) is 5.75 Å². The number of phenolic OH excluding ortho intramolecular Hbond substituents is 1. The first kappa shape index (κ1) is 20.9. The number of nitrogens with zero attached hydrogens (tertiary/aromatic N) is 4. The number of nitro benzene ring substituents is 1. The molecule has 1 saturated heterocycles. The van der Waals surface area contributed by atoms with E-state index in [1.165, 1.54) is 18.3 Å². The molecule has 1 aliphatic heterocycles. The zero-order chi connectivity index (χ0) is 22.2. The van der Waals surface area contributed by atoms with Crippen molar-refractivity contribution in [2.45, 2.75) is 12.7 Å². The van der Waals surface area contributed by atoms with Crippen LogP contribution in [0.5, 0.6) is 5.75 Å². The highest BCUT2D eigenvalue weighted by Crippen LogP contribution is 2.36. The molecule has 1 N–H and O–H groups in total. The lowest BCUT2D eigenvalue weighted by molar-refractivity contribution is -0.385. The van der Waals surface area contributed by atoms with Crippen molar-refractivity contribution in [1.82, 2.24) is 9.88 Å². The van der Waals surface area contributed by atoms with E-state index in [2.05, 4.69) is 9.88 Å². The maximum atomic E-state index is 13.0. The number of aromatic hydroxyl groups is 1. The Morgan fingerprint density at radius 2 is 1.84 bits per heavy atom. The summed E-state index contributed by atoms with van der Waals surface area (Å²) in [6.45, 7) is 2.61. The van der Waals surface area contributed by atoms with Gasteiger partial charge in [0.1, 0.15) is 5.52 Å². The van der Waals surface area contributed by atoms with Gasteiger partial charge in [0.05, 0.1) is 10.5 Å². The molecule has 2 aromatic carbocycles. The largest absolute Gasteiger partial charge is 0.501 e. The molecule has 10 heteroatoms. The fourth-order valence-electron chi connectivity index (χ4n) is 3.84. The van der Waals surface area contributed by atoms with Crippen molar-refractivity contribution in [2.24, 2.45) is 0 Å². The van der Waals surface area contributed by atoms with Crippen LogP contribution in [0.15, 0.2) is 48.7 Å². The molecule has 0 amide bonds. The van der Waals surface area contributed by atoms with Gasteiger partial charge in [0.15, 0.2) is 0 Å². The molecule has 162 valence electrons. The van der Waals surface area contributed by atoms with Crippen molar-refractivity contribution in [1.29, 1.82) is 0 Å². The Balaban J connectivity index is 1.52. The van der Waals surface area contributed by atoms with Crippen molar-refractivity contribution < 1.29 is 23.2 Å². The number of nitro groups is 1. The van der Waals surface area contributed by atoms with Gasteiger partial charge in [0.25, 0.3) is 0 Å². The summed E-state index contributed by atoms with van der Waals surface area (Å²) in [5, 5.41) is 22.1. The summed E-state index contributed by atoms with van der Waals surface area (Å²) in [5.41, 5.74) is 0.283. The van der Waals surface area contributed by atoms with Crippen molar-refractivity contribution in [2.75, 3.05) is 31.1 Å². The van der Waals surface area contributed by atoms with Crippen LogP contribution in [0, 0.1) is 10.1 Å². The number of hydrogen-bond donors (Lipinski definition) is 1. The molecule has 0 atom stereocenters. The third-order valence-corrected chi connectivity index (χ3v) is 5.43. The predicted octanol–water partition coefficient (Wildman–Crippen LogP) is 4.19. The Morgan fingerprint density at radius 3 is 2.52 bits per heavy atom. The number of phenols is 1. The molecule has 7 nitrogen and oxygen atoms in total. The van der Waals surface area contributed by atoms with E-state index >= 15 is 0 Å². The minimum atomic E-state index is -4.39. The van der Waals surface area contributed by atoms with Crippen LogP contribution < -0.4 is 4.90 Å². The lowest BCUT2D eigenvalue weighted by Crippen LogP contribution is -2.46. The number of fused-ring (bicyclic) bond motifs is 1. The Kier molecular flexibility index (Phi) is 5.40. The number of hydrogen-bond acceptors (Lipinski definition) is 6. The predicted molar refractivity (Wildman–Crippen MR) is 109 cm³/mol. The molecule has 0 saturated carbocycles. The van der Waals surface area contributed by atoms with Crippen molar-refractivity contribution in [3.8, 4) is 5.75 Å². The number of benzene rings is 2. The second-order valence-electron chi connectivity index (χ2n) is 7.37. The number of anilines is 1. The molecular weight excluding hydrogens is 413 g/mol. The van der Waals surface area contributed by atoms with Gasteiger partial charge in [-0.3, -0.25) is 20.0 Å². The van der Waals surface area contributed by atoms with E-state index in [0.29, 0.717) is 49.4 Å².